The Balaban J connectivity index is 1.55. The van der Waals surface area contributed by atoms with E-state index < -0.39 is 5.82 Å². The zero-order valence-electron chi connectivity index (χ0n) is 13.1. The summed E-state index contributed by atoms with van der Waals surface area (Å²) < 4.78 is 13.5. The lowest BCUT2D eigenvalue weighted by molar-refractivity contribution is -0.117. The standard InChI is InChI=1S/C18H18FN3O2/c19-15-4-1-2-5-16(15)20-12-17(23)21-13-7-9-14(10-8-13)22-11-3-6-18(22)24/h1-2,4-5,7-10,20H,3,6,11-12H2,(H,21,23). The van der Waals surface area contributed by atoms with E-state index in [0.717, 1.165) is 18.7 Å². The molecule has 0 unspecified atom stereocenters. The molecule has 1 saturated heterocycles. The van der Waals surface area contributed by atoms with E-state index in [1.54, 1.807) is 35.2 Å². The fourth-order valence-corrected chi connectivity index (χ4v) is 2.63. The number of anilines is 3. The van der Waals surface area contributed by atoms with Crippen LogP contribution in [0.1, 0.15) is 12.8 Å². The molecule has 1 heterocycles. The number of carbonyl (C=O) groups is 2. The second-order valence-electron chi connectivity index (χ2n) is 5.58. The van der Waals surface area contributed by atoms with Crippen LogP contribution in [0.2, 0.25) is 0 Å². The molecule has 1 fully saturated rings. The third kappa shape index (κ3) is 3.71. The summed E-state index contributed by atoms with van der Waals surface area (Å²) in [6.45, 7) is 0.699. The van der Waals surface area contributed by atoms with Crippen LogP contribution in [0.15, 0.2) is 48.5 Å². The molecule has 0 spiro atoms. The molecule has 0 saturated carbocycles. The molecular formula is C18H18FN3O2. The summed E-state index contributed by atoms with van der Waals surface area (Å²) in [5.74, 6) is -0.547. The maximum atomic E-state index is 13.5. The third-order valence-electron chi connectivity index (χ3n) is 3.85. The van der Waals surface area contributed by atoms with Crippen molar-refractivity contribution in [2.45, 2.75) is 12.8 Å². The molecule has 2 N–H and O–H groups in total. The van der Waals surface area contributed by atoms with E-state index >= 15 is 0 Å². The van der Waals surface area contributed by atoms with E-state index in [-0.39, 0.29) is 24.0 Å². The van der Waals surface area contributed by atoms with Crippen molar-refractivity contribution in [3.8, 4) is 0 Å². The van der Waals surface area contributed by atoms with Crippen LogP contribution in [0.25, 0.3) is 0 Å². The predicted octanol–water partition coefficient (Wildman–Crippen LogP) is 3.00. The van der Waals surface area contributed by atoms with Gasteiger partial charge in [-0.1, -0.05) is 12.1 Å². The molecule has 0 aromatic heterocycles. The van der Waals surface area contributed by atoms with Gasteiger partial charge >= 0.3 is 0 Å². The van der Waals surface area contributed by atoms with Gasteiger partial charge in [-0.25, -0.2) is 4.39 Å². The number of benzene rings is 2. The van der Waals surface area contributed by atoms with Crippen LogP contribution in [-0.4, -0.2) is 24.9 Å². The summed E-state index contributed by atoms with van der Waals surface area (Å²) in [5, 5.41) is 5.49. The molecule has 0 aliphatic carbocycles. The first kappa shape index (κ1) is 16.0. The Morgan fingerprint density at radius 3 is 2.54 bits per heavy atom. The average molecular weight is 327 g/mol. The first-order valence-electron chi connectivity index (χ1n) is 7.82. The SMILES string of the molecule is O=C(CNc1ccccc1F)Nc1ccc(N2CCCC2=O)cc1. The van der Waals surface area contributed by atoms with Crippen LogP contribution in [0.5, 0.6) is 0 Å². The molecule has 5 nitrogen and oxygen atoms in total. The van der Waals surface area contributed by atoms with Crippen LogP contribution in [0, 0.1) is 5.82 Å². The van der Waals surface area contributed by atoms with Crippen molar-refractivity contribution < 1.29 is 14.0 Å². The van der Waals surface area contributed by atoms with Crippen molar-refractivity contribution in [2.24, 2.45) is 0 Å². The van der Waals surface area contributed by atoms with Gasteiger partial charge in [0.1, 0.15) is 5.82 Å². The highest BCUT2D eigenvalue weighted by Gasteiger charge is 2.21. The predicted molar refractivity (Wildman–Crippen MR) is 91.5 cm³/mol. The van der Waals surface area contributed by atoms with E-state index in [0.29, 0.717) is 12.1 Å². The van der Waals surface area contributed by atoms with E-state index in [1.807, 2.05) is 12.1 Å². The van der Waals surface area contributed by atoms with Gasteiger partial charge in [0.25, 0.3) is 0 Å². The number of nitrogens with zero attached hydrogens (tertiary/aromatic N) is 1. The third-order valence-corrected chi connectivity index (χ3v) is 3.85. The first-order valence-corrected chi connectivity index (χ1v) is 7.82. The molecule has 3 rings (SSSR count). The molecular weight excluding hydrogens is 309 g/mol. The van der Waals surface area contributed by atoms with Crippen molar-refractivity contribution in [1.29, 1.82) is 0 Å². The Labute approximate surface area is 139 Å². The zero-order chi connectivity index (χ0) is 16.9. The molecule has 6 heteroatoms. The van der Waals surface area contributed by atoms with Gasteiger partial charge in [0.2, 0.25) is 11.8 Å². The normalized spacial score (nSPS) is 13.9. The molecule has 1 aliphatic rings. The first-order chi connectivity index (χ1) is 11.6. The van der Waals surface area contributed by atoms with Crippen molar-refractivity contribution in [2.75, 3.05) is 28.6 Å². The number of halogens is 1. The molecule has 24 heavy (non-hydrogen) atoms. The van der Waals surface area contributed by atoms with Gasteiger partial charge in [0, 0.05) is 24.3 Å². The van der Waals surface area contributed by atoms with Crippen molar-refractivity contribution in [3.05, 3.63) is 54.3 Å². The Morgan fingerprint density at radius 1 is 1.12 bits per heavy atom. The summed E-state index contributed by atoms with van der Waals surface area (Å²) in [4.78, 5) is 25.4. The van der Waals surface area contributed by atoms with Gasteiger partial charge in [0.15, 0.2) is 0 Å². The molecule has 2 aromatic carbocycles. The minimum absolute atomic E-state index is 0.0344. The number of amides is 2. The lowest BCUT2D eigenvalue weighted by atomic mass is 10.2. The maximum Gasteiger partial charge on any atom is 0.243 e. The van der Waals surface area contributed by atoms with E-state index in [1.165, 1.54) is 6.07 Å². The van der Waals surface area contributed by atoms with Gasteiger partial charge in [-0.15, -0.1) is 0 Å². The minimum atomic E-state index is -0.398. The van der Waals surface area contributed by atoms with Crippen LogP contribution in [-0.2, 0) is 9.59 Å². The largest absolute Gasteiger partial charge is 0.374 e. The monoisotopic (exact) mass is 327 g/mol. The molecule has 2 aromatic rings. The molecule has 124 valence electrons. The highest BCUT2D eigenvalue weighted by molar-refractivity contribution is 5.96. The highest BCUT2D eigenvalue weighted by Crippen LogP contribution is 2.23. The number of rotatable bonds is 5. The van der Waals surface area contributed by atoms with Gasteiger partial charge in [0.05, 0.1) is 12.2 Å². The van der Waals surface area contributed by atoms with Crippen LogP contribution < -0.4 is 15.5 Å². The quantitative estimate of drug-likeness (QED) is 0.887. The van der Waals surface area contributed by atoms with Crippen molar-refractivity contribution in [1.82, 2.24) is 0 Å². The summed E-state index contributed by atoms with van der Waals surface area (Å²) in [7, 11) is 0. The molecule has 0 bridgehead atoms. The van der Waals surface area contributed by atoms with Gasteiger partial charge in [-0.3, -0.25) is 9.59 Å². The lowest BCUT2D eigenvalue weighted by Crippen LogP contribution is -2.24. The van der Waals surface area contributed by atoms with E-state index in [4.69, 9.17) is 0 Å². The Hall–Kier alpha value is -2.89. The number of carbonyl (C=O) groups excluding carboxylic acids is 2. The maximum absolute atomic E-state index is 13.5. The van der Waals surface area contributed by atoms with E-state index in [2.05, 4.69) is 10.6 Å². The van der Waals surface area contributed by atoms with E-state index in [9.17, 15) is 14.0 Å². The Kier molecular flexibility index (Phi) is 4.74. The topological polar surface area (TPSA) is 61.4 Å². The molecule has 1 aliphatic heterocycles. The summed E-state index contributed by atoms with van der Waals surface area (Å²) in [6.07, 6.45) is 1.46. The second kappa shape index (κ2) is 7.12. The number of hydrogen-bond acceptors (Lipinski definition) is 3. The fourth-order valence-electron chi connectivity index (χ4n) is 2.63. The molecule has 0 radical (unpaired) electrons. The Morgan fingerprint density at radius 2 is 1.88 bits per heavy atom. The average Bonchev–Trinajstić information content (AvgIpc) is 3.01. The van der Waals surface area contributed by atoms with Gasteiger partial charge < -0.3 is 15.5 Å². The fraction of sp³-hybridized carbons (Fsp3) is 0.222. The summed E-state index contributed by atoms with van der Waals surface area (Å²) in [5.41, 5.74) is 1.75. The molecule has 2 amide bonds. The summed E-state index contributed by atoms with van der Waals surface area (Å²) >= 11 is 0. The second-order valence-corrected chi connectivity index (χ2v) is 5.58. The zero-order valence-corrected chi connectivity index (χ0v) is 13.1. The lowest BCUT2D eigenvalue weighted by Gasteiger charge is -2.16. The van der Waals surface area contributed by atoms with Crippen molar-refractivity contribution >= 4 is 28.9 Å². The van der Waals surface area contributed by atoms with Crippen LogP contribution in [0.4, 0.5) is 21.5 Å². The number of nitrogens with one attached hydrogen (secondary N) is 2. The van der Waals surface area contributed by atoms with Crippen LogP contribution in [0.3, 0.4) is 0 Å². The minimum Gasteiger partial charge on any atom is -0.374 e. The highest BCUT2D eigenvalue weighted by atomic mass is 19.1. The molecule has 0 atom stereocenters. The van der Waals surface area contributed by atoms with Crippen molar-refractivity contribution in [3.63, 3.8) is 0 Å². The number of hydrogen-bond donors (Lipinski definition) is 2. The number of para-hydroxylation sites is 1. The summed E-state index contributed by atoms with van der Waals surface area (Å²) in [6, 6.07) is 13.3. The van der Waals surface area contributed by atoms with Gasteiger partial charge in [-0.2, -0.15) is 0 Å². The van der Waals surface area contributed by atoms with Gasteiger partial charge in [-0.05, 0) is 42.8 Å². The Bertz CT molecular complexity index is 746. The smallest absolute Gasteiger partial charge is 0.243 e. The van der Waals surface area contributed by atoms with Crippen LogP contribution >= 0.6 is 0 Å².